The van der Waals surface area contributed by atoms with Crippen LogP contribution in [0.2, 0.25) is 0 Å². The first kappa shape index (κ1) is 13.5. The highest BCUT2D eigenvalue weighted by molar-refractivity contribution is 8.00. The van der Waals surface area contributed by atoms with Gasteiger partial charge in [-0.1, -0.05) is 26.8 Å². The molecule has 1 aromatic carbocycles. The molecular weight excluding hydrogens is 221 g/mol. The highest BCUT2D eigenvalue weighted by Crippen LogP contribution is 2.30. The maximum atomic E-state index is 13.8. The van der Waals surface area contributed by atoms with E-state index in [1.807, 2.05) is 19.1 Å². The fourth-order valence-electron chi connectivity index (χ4n) is 1.23. The Morgan fingerprint density at radius 1 is 1.19 bits per heavy atom. The molecule has 0 spiro atoms. The number of halogens is 1. The van der Waals surface area contributed by atoms with Gasteiger partial charge in [-0.2, -0.15) is 0 Å². The SMILES string of the molecule is CC(C)C(C)Sc1ccc([C@H](C)N)cc1F. The van der Waals surface area contributed by atoms with Crippen LogP contribution in [0.1, 0.15) is 39.3 Å². The van der Waals surface area contributed by atoms with E-state index < -0.39 is 0 Å². The van der Waals surface area contributed by atoms with Crippen LogP contribution in [0.5, 0.6) is 0 Å². The van der Waals surface area contributed by atoms with Gasteiger partial charge >= 0.3 is 0 Å². The van der Waals surface area contributed by atoms with E-state index in [1.54, 1.807) is 17.8 Å². The highest BCUT2D eigenvalue weighted by Gasteiger charge is 2.12. The number of nitrogens with two attached hydrogens (primary N) is 1. The number of rotatable bonds is 4. The van der Waals surface area contributed by atoms with E-state index >= 15 is 0 Å². The first-order valence-corrected chi connectivity index (χ1v) is 6.51. The summed E-state index contributed by atoms with van der Waals surface area (Å²) in [4.78, 5) is 0.714. The minimum atomic E-state index is -0.160. The Hall–Kier alpha value is -0.540. The van der Waals surface area contributed by atoms with Crippen LogP contribution in [-0.4, -0.2) is 5.25 Å². The lowest BCUT2D eigenvalue weighted by atomic mass is 10.1. The first-order valence-electron chi connectivity index (χ1n) is 5.63. The van der Waals surface area contributed by atoms with E-state index in [4.69, 9.17) is 5.73 Å². The summed E-state index contributed by atoms with van der Waals surface area (Å²) < 4.78 is 13.8. The third kappa shape index (κ3) is 3.49. The van der Waals surface area contributed by atoms with E-state index in [0.29, 0.717) is 16.1 Å². The van der Waals surface area contributed by atoms with E-state index in [9.17, 15) is 4.39 Å². The largest absolute Gasteiger partial charge is 0.324 e. The zero-order valence-corrected chi connectivity index (χ0v) is 11.1. The third-order valence-electron chi connectivity index (χ3n) is 2.73. The van der Waals surface area contributed by atoms with Gasteiger partial charge in [-0.3, -0.25) is 0 Å². The summed E-state index contributed by atoms with van der Waals surface area (Å²) in [6.45, 7) is 8.27. The zero-order chi connectivity index (χ0) is 12.3. The van der Waals surface area contributed by atoms with Crippen LogP contribution in [0, 0.1) is 11.7 Å². The average Bonchev–Trinajstić information content (AvgIpc) is 2.20. The average molecular weight is 241 g/mol. The van der Waals surface area contributed by atoms with Gasteiger partial charge in [0.05, 0.1) is 0 Å². The summed E-state index contributed by atoms with van der Waals surface area (Å²) >= 11 is 1.58. The van der Waals surface area contributed by atoms with Gasteiger partial charge in [0, 0.05) is 16.2 Å². The Labute approximate surface area is 102 Å². The molecule has 2 atom stereocenters. The summed E-state index contributed by atoms with van der Waals surface area (Å²) in [5.41, 5.74) is 6.56. The Kier molecular flexibility index (Phi) is 4.81. The first-order chi connectivity index (χ1) is 7.41. The summed E-state index contributed by atoms with van der Waals surface area (Å²) in [5, 5.41) is 0.413. The van der Waals surface area contributed by atoms with Gasteiger partial charge in [0.1, 0.15) is 5.82 Å². The van der Waals surface area contributed by atoms with Crippen LogP contribution in [-0.2, 0) is 0 Å². The second-order valence-electron chi connectivity index (χ2n) is 4.55. The predicted molar refractivity (Wildman–Crippen MR) is 69.2 cm³/mol. The minimum Gasteiger partial charge on any atom is -0.324 e. The molecule has 1 rings (SSSR count). The van der Waals surface area contributed by atoms with Gasteiger partial charge in [-0.15, -0.1) is 11.8 Å². The van der Waals surface area contributed by atoms with Crippen LogP contribution < -0.4 is 5.73 Å². The van der Waals surface area contributed by atoms with Crippen molar-refractivity contribution in [3.05, 3.63) is 29.6 Å². The summed E-state index contributed by atoms with van der Waals surface area (Å²) in [5.74, 6) is 0.379. The molecule has 90 valence electrons. The molecule has 3 heteroatoms. The lowest BCUT2D eigenvalue weighted by molar-refractivity contribution is 0.593. The van der Waals surface area contributed by atoms with Gasteiger partial charge < -0.3 is 5.73 Å². The standard InChI is InChI=1S/C13H20FNS/c1-8(2)10(4)16-13-6-5-11(9(3)15)7-12(13)14/h5-10H,15H2,1-4H3/t9-,10?/m0/s1. The Morgan fingerprint density at radius 2 is 1.81 bits per heavy atom. The Bertz CT molecular complexity index is 350. The quantitative estimate of drug-likeness (QED) is 0.807. The number of hydrogen-bond donors (Lipinski definition) is 1. The van der Waals surface area contributed by atoms with Gasteiger partial charge in [0.25, 0.3) is 0 Å². The van der Waals surface area contributed by atoms with Crippen LogP contribution >= 0.6 is 11.8 Å². The number of thioether (sulfide) groups is 1. The monoisotopic (exact) mass is 241 g/mol. The zero-order valence-electron chi connectivity index (χ0n) is 10.3. The molecule has 0 aliphatic carbocycles. The molecule has 16 heavy (non-hydrogen) atoms. The third-order valence-corrected chi connectivity index (χ3v) is 4.23. The molecule has 0 radical (unpaired) electrons. The van der Waals surface area contributed by atoms with Gasteiger partial charge in [0.15, 0.2) is 0 Å². The van der Waals surface area contributed by atoms with Crippen molar-refractivity contribution in [2.75, 3.05) is 0 Å². The summed E-state index contributed by atoms with van der Waals surface area (Å²) in [6.07, 6.45) is 0. The van der Waals surface area contributed by atoms with E-state index in [2.05, 4.69) is 20.8 Å². The van der Waals surface area contributed by atoms with Crippen molar-refractivity contribution in [3.63, 3.8) is 0 Å². The number of benzene rings is 1. The van der Waals surface area contributed by atoms with Crippen molar-refractivity contribution in [2.45, 2.75) is 43.9 Å². The van der Waals surface area contributed by atoms with Crippen molar-refractivity contribution < 1.29 is 4.39 Å². The lowest BCUT2D eigenvalue weighted by Gasteiger charge is -2.16. The molecule has 0 saturated carbocycles. The van der Waals surface area contributed by atoms with E-state index in [1.165, 1.54) is 0 Å². The van der Waals surface area contributed by atoms with Crippen molar-refractivity contribution in [3.8, 4) is 0 Å². The smallest absolute Gasteiger partial charge is 0.137 e. The van der Waals surface area contributed by atoms with Crippen molar-refractivity contribution in [1.29, 1.82) is 0 Å². The predicted octanol–water partition coefficient (Wildman–Crippen LogP) is 3.98. The van der Waals surface area contributed by atoms with Gasteiger partial charge in [-0.25, -0.2) is 4.39 Å². The molecule has 0 amide bonds. The topological polar surface area (TPSA) is 26.0 Å². The molecule has 0 fully saturated rings. The van der Waals surface area contributed by atoms with E-state index in [0.717, 1.165) is 5.56 Å². The molecule has 0 aromatic heterocycles. The van der Waals surface area contributed by atoms with Crippen LogP contribution in [0.4, 0.5) is 4.39 Å². The van der Waals surface area contributed by atoms with E-state index in [-0.39, 0.29) is 11.9 Å². The molecule has 1 unspecified atom stereocenters. The highest BCUT2D eigenvalue weighted by atomic mass is 32.2. The molecule has 0 aliphatic heterocycles. The maximum absolute atomic E-state index is 13.8. The van der Waals surface area contributed by atoms with Crippen molar-refractivity contribution in [2.24, 2.45) is 11.7 Å². The van der Waals surface area contributed by atoms with Gasteiger partial charge in [0.2, 0.25) is 0 Å². The lowest BCUT2D eigenvalue weighted by Crippen LogP contribution is -2.07. The summed E-state index contributed by atoms with van der Waals surface area (Å²) in [7, 11) is 0. The molecule has 1 aromatic rings. The molecular formula is C13H20FNS. The van der Waals surface area contributed by atoms with Crippen LogP contribution in [0.15, 0.2) is 23.1 Å². The summed E-state index contributed by atoms with van der Waals surface area (Å²) in [6, 6.07) is 5.16. The second kappa shape index (κ2) is 5.69. The molecule has 0 bridgehead atoms. The maximum Gasteiger partial charge on any atom is 0.137 e. The minimum absolute atomic E-state index is 0.115. The molecule has 0 aliphatic rings. The fraction of sp³-hybridized carbons (Fsp3) is 0.538. The molecule has 2 N–H and O–H groups in total. The normalized spacial score (nSPS) is 15.2. The van der Waals surface area contributed by atoms with Crippen LogP contribution in [0.3, 0.4) is 0 Å². The Balaban J connectivity index is 2.83. The van der Waals surface area contributed by atoms with Crippen molar-refractivity contribution >= 4 is 11.8 Å². The Morgan fingerprint density at radius 3 is 2.25 bits per heavy atom. The fourth-order valence-corrected chi connectivity index (χ4v) is 2.22. The molecule has 1 nitrogen and oxygen atoms in total. The van der Waals surface area contributed by atoms with Gasteiger partial charge in [-0.05, 0) is 30.5 Å². The second-order valence-corrected chi connectivity index (χ2v) is 5.96. The van der Waals surface area contributed by atoms with Crippen molar-refractivity contribution in [1.82, 2.24) is 0 Å². The number of hydrogen-bond acceptors (Lipinski definition) is 2. The molecule has 0 heterocycles. The molecule has 0 saturated heterocycles. The van der Waals surface area contributed by atoms with Crippen LogP contribution in [0.25, 0.3) is 0 Å².